The third-order valence-electron chi connectivity index (χ3n) is 6.58. The minimum absolute atomic E-state index is 0.0846. The molecule has 3 amide bonds. The average molecular weight is 519 g/mol. The smallest absolute Gasteiger partial charge is 0.338 e. The van der Waals surface area contributed by atoms with Gasteiger partial charge in [-0.25, -0.2) is 9.59 Å². The second kappa shape index (κ2) is 12.3. The Morgan fingerprint density at radius 1 is 0.921 bits per heavy atom. The van der Waals surface area contributed by atoms with Crippen molar-refractivity contribution in [2.75, 3.05) is 18.5 Å². The number of amides is 3. The van der Waals surface area contributed by atoms with Crippen molar-refractivity contribution >= 4 is 35.3 Å². The van der Waals surface area contributed by atoms with Gasteiger partial charge in [0, 0.05) is 12.1 Å². The summed E-state index contributed by atoms with van der Waals surface area (Å²) in [5, 5.41) is 2.60. The zero-order valence-corrected chi connectivity index (χ0v) is 21.1. The largest absolute Gasteiger partial charge is 0.462 e. The number of allylic oxidation sites excluding steroid dienone is 2. The molecule has 0 radical (unpaired) electrons. The zero-order valence-electron chi connectivity index (χ0n) is 21.1. The van der Waals surface area contributed by atoms with Crippen LogP contribution < -0.4 is 5.32 Å². The molecule has 2 aliphatic rings. The molecule has 1 aliphatic carbocycles. The van der Waals surface area contributed by atoms with Gasteiger partial charge in [0.1, 0.15) is 6.04 Å². The van der Waals surface area contributed by atoms with Crippen molar-refractivity contribution in [1.82, 2.24) is 4.90 Å². The summed E-state index contributed by atoms with van der Waals surface area (Å²) in [7, 11) is 0. The van der Waals surface area contributed by atoms with Crippen molar-refractivity contribution < 1.29 is 33.4 Å². The highest BCUT2D eigenvalue weighted by Gasteiger charge is 2.51. The molecular weight excluding hydrogens is 488 g/mol. The van der Waals surface area contributed by atoms with Gasteiger partial charge in [-0.1, -0.05) is 49.4 Å². The fourth-order valence-corrected chi connectivity index (χ4v) is 4.65. The third kappa shape index (κ3) is 6.16. The van der Waals surface area contributed by atoms with Crippen molar-refractivity contribution in [3.8, 4) is 0 Å². The molecule has 1 fully saturated rings. The highest BCUT2D eigenvalue weighted by atomic mass is 16.5. The highest BCUT2D eigenvalue weighted by Crippen LogP contribution is 2.36. The number of esters is 2. The van der Waals surface area contributed by atoms with Gasteiger partial charge in [0.25, 0.3) is 5.91 Å². The Kier molecular flexibility index (Phi) is 8.68. The number of carbonyl (C=O) groups is 5. The molecule has 0 aromatic heterocycles. The van der Waals surface area contributed by atoms with Crippen molar-refractivity contribution in [1.29, 1.82) is 0 Å². The van der Waals surface area contributed by atoms with E-state index in [2.05, 4.69) is 5.32 Å². The van der Waals surface area contributed by atoms with E-state index < -0.39 is 42.3 Å². The standard InChI is InChI=1S/C29H30N2O7/c1-2-16-37-28(35)20-12-14-21(15-13-20)30-25(32)18-38-29(36)24(17-19-8-4-3-5-9-19)31-26(33)22-10-6-7-11-23(22)27(31)34/h3-9,12-15,22-24H,2,10-11,16-18H2,1H3,(H,30,32)/t22-,23+,24-/m1/s1. The van der Waals surface area contributed by atoms with Crippen LogP contribution in [-0.2, 0) is 35.1 Å². The molecule has 38 heavy (non-hydrogen) atoms. The molecule has 0 saturated carbocycles. The van der Waals surface area contributed by atoms with Crippen LogP contribution in [0.4, 0.5) is 5.69 Å². The molecule has 198 valence electrons. The van der Waals surface area contributed by atoms with Gasteiger partial charge in [0.2, 0.25) is 11.8 Å². The van der Waals surface area contributed by atoms with Crippen LogP contribution in [0.1, 0.15) is 42.1 Å². The summed E-state index contributed by atoms with van der Waals surface area (Å²) in [6.45, 7) is 1.61. The number of anilines is 1. The first-order valence-electron chi connectivity index (χ1n) is 12.7. The van der Waals surface area contributed by atoms with Gasteiger partial charge >= 0.3 is 11.9 Å². The van der Waals surface area contributed by atoms with Crippen molar-refractivity contribution in [2.45, 2.75) is 38.6 Å². The van der Waals surface area contributed by atoms with Gasteiger partial charge in [-0.3, -0.25) is 19.3 Å². The number of rotatable bonds is 10. The molecule has 1 aliphatic heterocycles. The van der Waals surface area contributed by atoms with Crippen molar-refractivity contribution in [3.63, 3.8) is 0 Å². The van der Waals surface area contributed by atoms with Crippen LogP contribution >= 0.6 is 0 Å². The van der Waals surface area contributed by atoms with Crippen molar-refractivity contribution in [2.24, 2.45) is 11.8 Å². The number of fused-ring (bicyclic) bond motifs is 1. The van der Waals surface area contributed by atoms with Crippen molar-refractivity contribution in [3.05, 3.63) is 77.9 Å². The number of likely N-dealkylation sites (tertiary alicyclic amines) is 1. The molecule has 1 N–H and O–H groups in total. The maximum atomic E-state index is 13.2. The monoisotopic (exact) mass is 518 g/mol. The summed E-state index contributed by atoms with van der Waals surface area (Å²) < 4.78 is 10.4. The maximum absolute atomic E-state index is 13.2. The fourth-order valence-electron chi connectivity index (χ4n) is 4.65. The van der Waals surface area contributed by atoms with Gasteiger partial charge in [0.15, 0.2) is 6.61 Å². The molecule has 2 aromatic rings. The number of nitrogens with one attached hydrogen (secondary N) is 1. The lowest BCUT2D eigenvalue weighted by Gasteiger charge is -2.25. The molecule has 4 rings (SSSR count). The lowest BCUT2D eigenvalue weighted by Crippen LogP contribution is -2.48. The quantitative estimate of drug-likeness (QED) is 0.291. The zero-order chi connectivity index (χ0) is 27.1. The van der Waals surface area contributed by atoms with Gasteiger partial charge in [0.05, 0.1) is 24.0 Å². The van der Waals surface area contributed by atoms with Gasteiger partial charge in [-0.2, -0.15) is 0 Å². The number of imide groups is 1. The lowest BCUT2D eigenvalue weighted by molar-refractivity contribution is -0.159. The second-order valence-corrected chi connectivity index (χ2v) is 9.28. The summed E-state index contributed by atoms with van der Waals surface area (Å²) >= 11 is 0. The van der Waals surface area contributed by atoms with Crippen LogP contribution in [0.5, 0.6) is 0 Å². The number of nitrogens with zero attached hydrogens (tertiary/aromatic N) is 1. The molecule has 1 heterocycles. The lowest BCUT2D eigenvalue weighted by atomic mass is 9.85. The average Bonchev–Trinajstić information content (AvgIpc) is 3.19. The number of carbonyl (C=O) groups excluding carboxylic acids is 5. The van der Waals surface area contributed by atoms with E-state index in [1.807, 2.05) is 25.1 Å². The summed E-state index contributed by atoms with van der Waals surface area (Å²) in [4.78, 5) is 64.9. The molecule has 0 spiro atoms. The predicted octanol–water partition coefficient (Wildman–Crippen LogP) is 3.30. The Hall–Kier alpha value is -4.27. The first-order valence-corrected chi connectivity index (χ1v) is 12.7. The first kappa shape index (κ1) is 26.8. The molecule has 0 bridgehead atoms. The highest BCUT2D eigenvalue weighted by molar-refractivity contribution is 6.08. The van der Waals surface area contributed by atoms with Crippen LogP contribution in [0.2, 0.25) is 0 Å². The summed E-state index contributed by atoms with van der Waals surface area (Å²) in [5.41, 5.74) is 1.51. The summed E-state index contributed by atoms with van der Waals surface area (Å²) in [5.74, 6) is -3.62. The SMILES string of the molecule is CCCOC(=O)c1ccc(NC(=O)COC(=O)[C@@H](Cc2ccccc2)N2C(=O)[C@H]3CC=CC[C@H]3C2=O)cc1. The van der Waals surface area contributed by atoms with E-state index >= 15 is 0 Å². The number of hydrogen-bond acceptors (Lipinski definition) is 7. The third-order valence-corrected chi connectivity index (χ3v) is 6.58. The van der Waals surface area contributed by atoms with Gasteiger partial charge in [-0.15, -0.1) is 0 Å². The van der Waals surface area contributed by atoms with Crippen LogP contribution in [-0.4, -0.2) is 53.8 Å². The number of benzene rings is 2. The topological polar surface area (TPSA) is 119 Å². The van der Waals surface area contributed by atoms with Gasteiger partial charge < -0.3 is 14.8 Å². The Morgan fingerprint density at radius 2 is 1.55 bits per heavy atom. The van der Waals surface area contributed by atoms with E-state index in [-0.39, 0.29) is 18.2 Å². The number of ether oxygens (including phenoxy) is 2. The van der Waals surface area contributed by atoms with E-state index in [0.29, 0.717) is 37.1 Å². The minimum atomic E-state index is -1.18. The van der Waals surface area contributed by atoms with E-state index in [9.17, 15) is 24.0 Å². The first-order chi connectivity index (χ1) is 18.4. The van der Waals surface area contributed by atoms with E-state index in [1.54, 1.807) is 24.3 Å². The Morgan fingerprint density at radius 3 is 2.16 bits per heavy atom. The summed E-state index contributed by atoms with van der Waals surface area (Å²) in [6, 6.07) is 14.0. The normalized spacial score (nSPS) is 19.0. The van der Waals surface area contributed by atoms with E-state index in [0.717, 1.165) is 10.5 Å². The Balaban J connectivity index is 1.40. The fraction of sp³-hybridized carbons (Fsp3) is 0.345. The predicted molar refractivity (Wildman–Crippen MR) is 138 cm³/mol. The molecule has 9 heteroatoms. The van der Waals surface area contributed by atoms with Crippen LogP contribution in [0.3, 0.4) is 0 Å². The summed E-state index contributed by atoms with van der Waals surface area (Å²) in [6.07, 6.45) is 5.47. The van der Waals surface area contributed by atoms with E-state index in [1.165, 1.54) is 24.3 Å². The van der Waals surface area contributed by atoms with Crippen LogP contribution in [0.25, 0.3) is 0 Å². The second-order valence-electron chi connectivity index (χ2n) is 9.28. The molecule has 1 saturated heterocycles. The Labute approximate surface area is 220 Å². The van der Waals surface area contributed by atoms with Gasteiger partial charge in [-0.05, 0) is 49.1 Å². The number of hydrogen-bond donors (Lipinski definition) is 1. The molecular formula is C29H30N2O7. The molecule has 0 unspecified atom stereocenters. The Bertz CT molecular complexity index is 1200. The van der Waals surface area contributed by atoms with E-state index in [4.69, 9.17) is 9.47 Å². The van der Waals surface area contributed by atoms with Crippen LogP contribution in [0.15, 0.2) is 66.7 Å². The van der Waals surface area contributed by atoms with Crippen LogP contribution in [0, 0.1) is 11.8 Å². The molecule has 9 nitrogen and oxygen atoms in total. The minimum Gasteiger partial charge on any atom is -0.462 e. The molecule has 3 atom stereocenters. The molecule has 2 aromatic carbocycles. The maximum Gasteiger partial charge on any atom is 0.338 e.